The standard InChI is InChI=1S/C18H18O2/c19-18(17-14-9-3-4-10-15(14)17)20-16-11-5-7-12-6-1-2-8-13(12)16/h1-2,5-8,11,14-15,17H,3-4,9-10H2/t14-,15-/m1/s1. The number of hydrogen-bond acceptors (Lipinski definition) is 2. The summed E-state index contributed by atoms with van der Waals surface area (Å²) in [5.74, 6) is 2.06. The zero-order chi connectivity index (χ0) is 13.5. The normalized spacial score (nSPS) is 27.9. The first-order valence-electron chi connectivity index (χ1n) is 7.54. The Morgan fingerprint density at radius 1 is 0.950 bits per heavy atom. The van der Waals surface area contributed by atoms with Gasteiger partial charge >= 0.3 is 5.97 Å². The molecule has 20 heavy (non-hydrogen) atoms. The van der Waals surface area contributed by atoms with Gasteiger partial charge in [-0.15, -0.1) is 0 Å². The smallest absolute Gasteiger partial charge is 0.314 e. The Bertz CT molecular complexity index is 644. The second kappa shape index (κ2) is 4.62. The third-order valence-corrected chi connectivity index (χ3v) is 4.89. The summed E-state index contributed by atoms with van der Waals surface area (Å²) in [4.78, 5) is 12.4. The molecule has 4 rings (SSSR count). The van der Waals surface area contributed by atoms with Crippen LogP contribution in [0, 0.1) is 17.8 Å². The molecule has 2 saturated carbocycles. The third kappa shape index (κ3) is 1.91. The number of benzene rings is 2. The molecular weight excluding hydrogens is 248 g/mol. The number of rotatable bonds is 2. The highest BCUT2D eigenvalue weighted by Crippen LogP contribution is 2.55. The van der Waals surface area contributed by atoms with Crippen LogP contribution in [0.5, 0.6) is 5.75 Å². The van der Waals surface area contributed by atoms with Crippen molar-refractivity contribution in [1.29, 1.82) is 0 Å². The largest absolute Gasteiger partial charge is 0.426 e. The molecule has 0 N–H and O–H groups in total. The lowest BCUT2D eigenvalue weighted by molar-refractivity contribution is -0.136. The lowest BCUT2D eigenvalue weighted by Crippen LogP contribution is -2.12. The van der Waals surface area contributed by atoms with Crippen molar-refractivity contribution in [1.82, 2.24) is 0 Å². The molecule has 0 bridgehead atoms. The van der Waals surface area contributed by atoms with Gasteiger partial charge in [0.25, 0.3) is 0 Å². The van der Waals surface area contributed by atoms with Crippen molar-refractivity contribution in [2.45, 2.75) is 25.7 Å². The summed E-state index contributed by atoms with van der Waals surface area (Å²) in [5, 5.41) is 2.14. The van der Waals surface area contributed by atoms with Crippen LogP contribution in [0.3, 0.4) is 0 Å². The van der Waals surface area contributed by atoms with Crippen LogP contribution in [0.2, 0.25) is 0 Å². The number of ether oxygens (including phenoxy) is 1. The van der Waals surface area contributed by atoms with E-state index in [1.165, 1.54) is 25.7 Å². The van der Waals surface area contributed by atoms with Crippen molar-refractivity contribution in [2.75, 3.05) is 0 Å². The highest BCUT2D eigenvalue weighted by atomic mass is 16.5. The van der Waals surface area contributed by atoms with Gasteiger partial charge in [-0.1, -0.05) is 49.2 Å². The molecule has 0 heterocycles. The quantitative estimate of drug-likeness (QED) is 0.602. The van der Waals surface area contributed by atoms with Crippen molar-refractivity contribution in [3.05, 3.63) is 42.5 Å². The minimum atomic E-state index is -0.0155. The Morgan fingerprint density at radius 2 is 1.65 bits per heavy atom. The summed E-state index contributed by atoms with van der Waals surface area (Å²) >= 11 is 0. The van der Waals surface area contributed by atoms with Crippen molar-refractivity contribution in [3.8, 4) is 5.75 Å². The second-order valence-corrected chi connectivity index (χ2v) is 6.04. The molecule has 2 atom stereocenters. The Balaban J connectivity index is 1.57. The molecular formula is C18H18O2. The minimum Gasteiger partial charge on any atom is -0.426 e. The van der Waals surface area contributed by atoms with Gasteiger partial charge < -0.3 is 4.74 Å². The highest BCUT2D eigenvalue weighted by molar-refractivity contribution is 5.91. The second-order valence-electron chi connectivity index (χ2n) is 6.04. The fourth-order valence-electron chi connectivity index (χ4n) is 3.80. The molecule has 0 spiro atoms. The van der Waals surface area contributed by atoms with Gasteiger partial charge in [0.05, 0.1) is 5.92 Å². The Labute approximate surface area is 118 Å². The van der Waals surface area contributed by atoms with Gasteiger partial charge in [0.2, 0.25) is 0 Å². The molecule has 2 aliphatic carbocycles. The zero-order valence-corrected chi connectivity index (χ0v) is 11.4. The molecule has 2 aliphatic rings. The topological polar surface area (TPSA) is 26.3 Å². The van der Waals surface area contributed by atoms with Crippen molar-refractivity contribution < 1.29 is 9.53 Å². The Morgan fingerprint density at radius 3 is 2.45 bits per heavy atom. The van der Waals surface area contributed by atoms with Crippen LogP contribution >= 0.6 is 0 Å². The van der Waals surface area contributed by atoms with Crippen molar-refractivity contribution in [2.24, 2.45) is 17.8 Å². The van der Waals surface area contributed by atoms with E-state index in [1.807, 2.05) is 42.5 Å². The van der Waals surface area contributed by atoms with E-state index in [4.69, 9.17) is 4.74 Å². The Kier molecular flexibility index (Phi) is 2.76. The summed E-state index contributed by atoms with van der Waals surface area (Å²) in [7, 11) is 0. The Hall–Kier alpha value is -1.83. The molecule has 2 nitrogen and oxygen atoms in total. The van der Waals surface area contributed by atoms with E-state index in [9.17, 15) is 4.79 Å². The van der Waals surface area contributed by atoms with E-state index < -0.39 is 0 Å². The van der Waals surface area contributed by atoms with Gasteiger partial charge in [-0.2, -0.15) is 0 Å². The van der Waals surface area contributed by atoms with Gasteiger partial charge in [0, 0.05) is 5.39 Å². The summed E-state index contributed by atoms with van der Waals surface area (Å²) in [6.45, 7) is 0. The molecule has 0 unspecified atom stereocenters. The first kappa shape index (κ1) is 12.0. The molecule has 0 aliphatic heterocycles. The maximum Gasteiger partial charge on any atom is 0.314 e. The summed E-state index contributed by atoms with van der Waals surface area (Å²) in [6, 6.07) is 13.9. The summed E-state index contributed by atoms with van der Waals surface area (Å²) in [5.41, 5.74) is 0. The van der Waals surface area contributed by atoms with Crippen molar-refractivity contribution >= 4 is 16.7 Å². The number of carbonyl (C=O) groups is 1. The van der Waals surface area contributed by atoms with Crippen LogP contribution < -0.4 is 4.74 Å². The van der Waals surface area contributed by atoms with E-state index >= 15 is 0 Å². The van der Waals surface area contributed by atoms with Gasteiger partial charge in [-0.3, -0.25) is 4.79 Å². The molecule has 0 radical (unpaired) electrons. The number of esters is 1. The molecule has 2 heteroatoms. The van der Waals surface area contributed by atoms with Gasteiger partial charge in [0.15, 0.2) is 0 Å². The zero-order valence-electron chi connectivity index (χ0n) is 11.4. The molecule has 0 amide bonds. The molecule has 102 valence electrons. The monoisotopic (exact) mass is 266 g/mol. The maximum atomic E-state index is 12.4. The van der Waals surface area contributed by atoms with Crippen LogP contribution in [-0.2, 0) is 4.79 Å². The first-order valence-corrected chi connectivity index (χ1v) is 7.54. The van der Waals surface area contributed by atoms with Crippen LogP contribution in [0.4, 0.5) is 0 Å². The molecule has 0 aromatic heterocycles. The van der Waals surface area contributed by atoms with Crippen molar-refractivity contribution in [3.63, 3.8) is 0 Å². The first-order chi connectivity index (χ1) is 9.84. The van der Waals surface area contributed by atoms with Gasteiger partial charge in [-0.25, -0.2) is 0 Å². The van der Waals surface area contributed by atoms with E-state index in [0.29, 0.717) is 17.6 Å². The summed E-state index contributed by atoms with van der Waals surface area (Å²) < 4.78 is 5.70. The predicted molar refractivity (Wildman–Crippen MR) is 78.5 cm³/mol. The SMILES string of the molecule is O=C(Oc1cccc2ccccc12)C1[C@@H]2CCCC[C@@H]12. The van der Waals surface area contributed by atoms with Gasteiger partial charge in [-0.05, 0) is 36.1 Å². The maximum absolute atomic E-state index is 12.4. The average molecular weight is 266 g/mol. The number of carbonyl (C=O) groups excluding carboxylic acids is 1. The van der Waals surface area contributed by atoms with Gasteiger partial charge in [0.1, 0.15) is 5.75 Å². The third-order valence-electron chi connectivity index (χ3n) is 4.89. The van der Waals surface area contributed by atoms with Crippen LogP contribution in [0.25, 0.3) is 10.8 Å². The molecule has 2 aromatic rings. The number of fused-ring (bicyclic) bond motifs is 2. The van der Waals surface area contributed by atoms with E-state index in [2.05, 4.69) is 0 Å². The summed E-state index contributed by atoms with van der Waals surface area (Å²) in [6.07, 6.45) is 4.97. The van der Waals surface area contributed by atoms with Crippen LogP contribution in [0.1, 0.15) is 25.7 Å². The molecule has 2 aromatic carbocycles. The lowest BCUT2D eigenvalue weighted by atomic mass is 10.0. The van der Waals surface area contributed by atoms with Crippen LogP contribution in [-0.4, -0.2) is 5.97 Å². The lowest BCUT2D eigenvalue weighted by Gasteiger charge is -2.07. The average Bonchev–Trinajstić information content (AvgIpc) is 3.22. The minimum absolute atomic E-state index is 0.0155. The van der Waals surface area contributed by atoms with E-state index in [0.717, 1.165) is 10.8 Å². The molecule has 2 fully saturated rings. The predicted octanol–water partition coefficient (Wildman–Crippen LogP) is 4.18. The van der Waals surface area contributed by atoms with E-state index in [1.54, 1.807) is 0 Å². The highest BCUT2D eigenvalue weighted by Gasteiger charge is 2.55. The fraction of sp³-hybridized carbons (Fsp3) is 0.389. The van der Waals surface area contributed by atoms with E-state index in [-0.39, 0.29) is 11.9 Å². The fourth-order valence-corrected chi connectivity index (χ4v) is 3.80. The number of hydrogen-bond donors (Lipinski definition) is 0. The molecule has 0 saturated heterocycles. The van der Waals surface area contributed by atoms with Crippen LogP contribution in [0.15, 0.2) is 42.5 Å².